The molecule has 0 bridgehead atoms. The van der Waals surface area contributed by atoms with Crippen LogP contribution in [0.3, 0.4) is 0 Å². The molecule has 2 aliphatic rings. The molecule has 0 saturated carbocycles. The summed E-state index contributed by atoms with van der Waals surface area (Å²) in [6, 6.07) is 1.70. The van der Waals surface area contributed by atoms with E-state index >= 15 is 0 Å². The highest BCUT2D eigenvalue weighted by Crippen LogP contribution is 2.32. The van der Waals surface area contributed by atoms with E-state index in [1.807, 2.05) is 6.92 Å². The number of carbonyl (C=O) groups excluding carboxylic acids is 1. The second kappa shape index (κ2) is 7.99. The standard InChI is InChI=1S/C18H21F3N6O2S/c1-10-3-12(5-26(10)6-13-16(19)25-17(30-13)24-11(2)28)29-15-4-14(22-9-23-15)27-7-18(20,21)8-27/h4,9-10,12H,3,5-8H2,1-2H3,(H,24,25,28)/t10-,12?/m0/s1. The Hall–Kier alpha value is -2.47. The third-order valence-electron chi connectivity index (χ3n) is 5.03. The number of alkyl halides is 2. The molecule has 30 heavy (non-hydrogen) atoms. The summed E-state index contributed by atoms with van der Waals surface area (Å²) >= 11 is 1.11. The van der Waals surface area contributed by atoms with Crippen LogP contribution in [0.2, 0.25) is 0 Å². The molecule has 4 rings (SSSR count). The zero-order valence-corrected chi connectivity index (χ0v) is 17.3. The number of ether oxygens (including phenoxy) is 1. The van der Waals surface area contributed by atoms with Crippen molar-refractivity contribution >= 4 is 28.2 Å². The number of aromatic nitrogens is 3. The first-order chi connectivity index (χ1) is 14.2. The molecule has 0 aliphatic carbocycles. The lowest BCUT2D eigenvalue weighted by molar-refractivity contribution is -0.114. The van der Waals surface area contributed by atoms with E-state index in [0.717, 1.165) is 11.3 Å². The highest BCUT2D eigenvalue weighted by Gasteiger charge is 2.44. The summed E-state index contributed by atoms with van der Waals surface area (Å²) in [5.74, 6) is -2.84. The van der Waals surface area contributed by atoms with Crippen molar-refractivity contribution in [3.05, 3.63) is 23.2 Å². The molecule has 0 aromatic carbocycles. The first-order valence-electron chi connectivity index (χ1n) is 9.47. The van der Waals surface area contributed by atoms with Crippen LogP contribution in [0.5, 0.6) is 5.88 Å². The SMILES string of the molecule is CC(=O)Nc1nc(F)c(CN2CC(Oc3cc(N4CC(F)(F)C4)ncn3)C[C@@H]2C)s1. The number of rotatable bonds is 6. The number of amides is 1. The van der Waals surface area contributed by atoms with Crippen molar-refractivity contribution < 1.29 is 22.7 Å². The van der Waals surface area contributed by atoms with Gasteiger partial charge in [-0.15, -0.1) is 0 Å². The van der Waals surface area contributed by atoms with Gasteiger partial charge in [0.25, 0.3) is 5.92 Å². The van der Waals surface area contributed by atoms with Crippen molar-refractivity contribution in [3.63, 3.8) is 0 Å². The van der Waals surface area contributed by atoms with Crippen LogP contribution in [-0.2, 0) is 11.3 Å². The lowest BCUT2D eigenvalue weighted by Gasteiger charge is -2.39. The van der Waals surface area contributed by atoms with Gasteiger partial charge in [0, 0.05) is 38.5 Å². The molecule has 2 aromatic heterocycles. The zero-order chi connectivity index (χ0) is 21.5. The van der Waals surface area contributed by atoms with E-state index in [0.29, 0.717) is 36.1 Å². The van der Waals surface area contributed by atoms with Gasteiger partial charge >= 0.3 is 0 Å². The number of carbonyl (C=O) groups is 1. The first kappa shape index (κ1) is 20.8. The number of nitrogens with zero attached hydrogens (tertiary/aromatic N) is 5. The lowest BCUT2D eigenvalue weighted by atomic mass is 10.1. The van der Waals surface area contributed by atoms with Crippen LogP contribution in [0.15, 0.2) is 12.4 Å². The molecular formula is C18H21F3N6O2S. The van der Waals surface area contributed by atoms with Crippen molar-refractivity contribution in [2.45, 2.75) is 44.9 Å². The predicted molar refractivity (Wildman–Crippen MR) is 104 cm³/mol. The highest BCUT2D eigenvalue weighted by atomic mass is 32.1. The minimum Gasteiger partial charge on any atom is -0.473 e. The number of nitrogens with one attached hydrogen (secondary N) is 1. The minimum absolute atomic E-state index is 0.135. The van der Waals surface area contributed by atoms with Gasteiger partial charge in [0.2, 0.25) is 17.7 Å². The molecule has 0 radical (unpaired) electrons. The zero-order valence-electron chi connectivity index (χ0n) is 16.4. The Kier molecular flexibility index (Phi) is 5.53. The Labute approximate surface area is 175 Å². The fourth-order valence-electron chi connectivity index (χ4n) is 3.58. The quantitative estimate of drug-likeness (QED) is 0.736. The molecular weight excluding hydrogens is 421 g/mol. The van der Waals surface area contributed by atoms with Gasteiger partial charge in [-0.05, 0) is 6.92 Å². The summed E-state index contributed by atoms with van der Waals surface area (Å²) in [5.41, 5.74) is 0. The predicted octanol–water partition coefficient (Wildman–Crippen LogP) is 2.53. The molecule has 2 aliphatic heterocycles. The maximum absolute atomic E-state index is 14.1. The maximum atomic E-state index is 14.1. The van der Waals surface area contributed by atoms with Crippen molar-refractivity contribution in [3.8, 4) is 5.88 Å². The minimum atomic E-state index is -2.68. The van der Waals surface area contributed by atoms with Gasteiger partial charge < -0.3 is 15.0 Å². The summed E-state index contributed by atoms with van der Waals surface area (Å²) in [7, 11) is 0. The van der Waals surface area contributed by atoms with Gasteiger partial charge in [0.1, 0.15) is 18.2 Å². The average molecular weight is 442 g/mol. The molecule has 8 nitrogen and oxygen atoms in total. The Morgan fingerprint density at radius 3 is 2.87 bits per heavy atom. The van der Waals surface area contributed by atoms with Crippen LogP contribution < -0.4 is 15.0 Å². The summed E-state index contributed by atoms with van der Waals surface area (Å²) in [6.07, 6.45) is 1.83. The summed E-state index contributed by atoms with van der Waals surface area (Å²) in [4.78, 5) is 27.0. The normalized spacial score (nSPS) is 23.3. The molecule has 1 unspecified atom stereocenters. The molecule has 2 saturated heterocycles. The second-order valence-corrected chi connectivity index (χ2v) is 8.68. The third-order valence-corrected chi connectivity index (χ3v) is 5.96. The third kappa shape index (κ3) is 4.64. The van der Waals surface area contributed by atoms with Gasteiger partial charge in [-0.1, -0.05) is 11.3 Å². The summed E-state index contributed by atoms with van der Waals surface area (Å²) < 4.78 is 46.2. The summed E-state index contributed by atoms with van der Waals surface area (Å²) in [6.45, 7) is 3.54. The van der Waals surface area contributed by atoms with Crippen molar-refractivity contribution in [1.29, 1.82) is 0 Å². The van der Waals surface area contributed by atoms with Crippen LogP contribution in [0.4, 0.5) is 24.1 Å². The van der Waals surface area contributed by atoms with E-state index in [1.54, 1.807) is 6.07 Å². The average Bonchev–Trinajstić information content (AvgIpc) is 3.14. The van der Waals surface area contributed by atoms with E-state index < -0.39 is 11.9 Å². The van der Waals surface area contributed by atoms with Gasteiger partial charge in [-0.25, -0.2) is 18.7 Å². The topological polar surface area (TPSA) is 83.5 Å². The van der Waals surface area contributed by atoms with Crippen LogP contribution in [0, 0.1) is 5.95 Å². The van der Waals surface area contributed by atoms with E-state index in [-0.39, 0.29) is 36.3 Å². The van der Waals surface area contributed by atoms with Gasteiger partial charge in [-0.2, -0.15) is 9.37 Å². The molecule has 162 valence electrons. The Bertz CT molecular complexity index is 934. The van der Waals surface area contributed by atoms with Gasteiger partial charge in [0.05, 0.1) is 18.0 Å². The first-order valence-corrected chi connectivity index (χ1v) is 10.3. The fourth-order valence-corrected chi connectivity index (χ4v) is 4.50. The van der Waals surface area contributed by atoms with Crippen molar-refractivity contribution in [1.82, 2.24) is 19.9 Å². The molecule has 0 spiro atoms. The van der Waals surface area contributed by atoms with Crippen molar-refractivity contribution in [2.75, 3.05) is 29.9 Å². The van der Waals surface area contributed by atoms with Crippen LogP contribution in [-0.4, -0.2) is 63.5 Å². The molecule has 2 fully saturated rings. The van der Waals surface area contributed by atoms with E-state index in [9.17, 15) is 18.0 Å². The largest absolute Gasteiger partial charge is 0.473 e. The molecule has 1 amide bonds. The van der Waals surface area contributed by atoms with E-state index in [2.05, 4.69) is 25.2 Å². The van der Waals surface area contributed by atoms with Gasteiger partial charge in [0.15, 0.2) is 5.13 Å². The Morgan fingerprint density at radius 2 is 2.17 bits per heavy atom. The number of halogens is 3. The smallest absolute Gasteiger partial charge is 0.282 e. The second-order valence-electron chi connectivity index (χ2n) is 7.59. The molecule has 2 aromatic rings. The number of hydrogen-bond acceptors (Lipinski definition) is 8. The molecule has 12 heteroatoms. The van der Waals surface area contributed by atoms with E-state index in [1.165, 1.54) is 18.2 Å². The number of likely N-dealkylation sites (tertiary alicyclic amines) is 1. The monoisotopic (exact) mass is 442 g/mol. The number of anilines is 2. The Morgan fingerprint density at radius 1 is 1.40 bits per heavy atom. The van der Waals surface area contributed by atoms with E-state index in [4.69, 9.17) is 4.74 Å². The van der Waals surface area contributed by atoms with Crippen molar-refractivity contribution in [2.24, 2.45) is 0 Å². The maximum Gasteiger partial charge on any atom is 0.282 e. The van der Waals surface area contributed by atoms with Crippen LogP contribution in [0.1, 0.15) is 25.1 Å². The van der Waals surface area contributed by atoms with Gasteiger partial charge in [-0.3, -0.25) is 9.69 Å². The fraction of sp³-hybridized carbons (Fsp3) is 0.556. The van der Waals surface area contributed by atoms with Crippen LogP contribution >= 0.6 is 11.3 Å². The number of hydrogen-bond donors (Lipinski definition) is 1. The molecule has 1 N–H and O–H groups in total. The summed E-state index contributed by atoms with van der Waals surface area (Å²) in [5, 5.41) is 2.73. The van der Waals surface area contributed by atoms with Crippen LogP contribution in [0.25, 0.3) is 0 Å². The molecule has 4 heterocycles. The Balaban J connectivity index is 1.36. The highest BCUT2D eigenvalue weighted by molar-refractivity contribution is 7.15. The lowest BCUT2D eigenvalue weighted by Crippen LogP contribution is -2.56. The number of thiazole rings is 1. The molecule has 2 atom stereocenters.